The second-order valence-electron chi connectivity index (χ2n) is 12.7. The Labute approximate surface area is 192 Å². The third-order valence-electron chi connectivity index (χ3n) is 10.9. The van der Waals surface area contributed by atoms with E-state index in [2.05, 4.69) is 40.7 Å². The summed E-state index contributed by atoms with van der Waals surface area (Å²) in [6, 6.07) is 0. The first-order chi connectivity index (χ1) is 14.7. The van der Waals surface area contributed by atoms with E-state index in [-0.39, 0.29) is 6.10 Å². The first-order valence-electron chi connectivity index (χ1n) is 13.5. The summed E-state index contributed by atoms with van der Waals surface area (Å²) in [5.74, 6) is 5.25. The van der Waals surface area contributed by atoms with Crippen LogP contribution in [-0.2, 0) is 9.47 Å². The van der Waals surface area contributed by atoms with Crippen molar-refractivity contribution in [1.29, 1.82) is 0 Å². The molecule has 3 saturated carbocycles. The number of hydrogen-bond acceptors (Lipinski definition) is 2. The lowest BCUT2D eigenvalue weighted by Gasteiger charge is -2.60. The standard InChI is InChI=1S/C29H50O2/c1-19(2)9-8-10-20(3)23-11-12-24-22-18-27(31-7)26-17-21(30-6)13-15-29(26,5)25(22)14-16-28(23,24)4/h17,19-25,27H,8-16,18H2,1-7H3. The monoisotopic (exact) mass is 430 g/mol. The largest absolute Gasteiger partial charge is 0.377 e. The summed E-state index contributed by atoms with van der Waals surface area (Å²) in [5.41, 5.74) is 2.45. The van der Waals surface area contributed by atoms with Crippen molar-refractivity contribution in [2.24, 2.45) is 46.3 Å². The second-order valence-corrected chi connectivity index (χ2v) is 12.7. The Hall–Kier alpha value is -0.340. The van der Waals surface area contributed by atoms with E-state index >= 15 is 0 Å². The SMILES string of the molecule is COC1C=C2C(OC)CC3C(CCC4(C)C(C(C)CCCC(C)C)CCC34)C2(C)CC1. The van der Waals surface area contributed by atoms with Crippen molar-refractivity contribution in [2.75, 3.05) is 14.2 Å². The predicted molar refractivity (Wildman–Crippen MR) is 130 cm³/mol. The minimum Gasteiger partial charge on any atom is -0.377 e. The molecule has 4 aliphatic rings. The Kier molecular flexibility index (Phi) is 7.01. The number of hydrogen-bond donors (Lipinski definition) is 0. The van der Waals surface area contributed by atoms with E-state index in [9.17, 15) is 0 Å². The number of methoxy groups -OCH3 is 2. The van der Waals surface area contributed by atoms with Gasteiger partial charge >= 0.3 is 0 Å². The van der Waals surface area contributed by atoms with Crippen LogP contribution in [-0.4, -0.2) is 26.4 Å². The van der Waals surface area contributed by atoms with Gasteiger partial charge in [0.15, 0.2) is 0 Å². The van der Waals surface area contributed by atoms with Gasteiger partial charge in [0.2, 0.25) is 0 Å². The molecule has 3 fully saturated rings. The fraction of sp³-hybridized carbons (Fsp3) is 0.931. The first-order valence-corrected chi connectivity index (χ1v) is 13.5. The lowest BCUT2D eigenvalue weighted by atomic mass is 9.46. The molecule has 0 aliphatic heterocycles. The number of rotatable bonds is 7. The zero-order valence-electron chi connectivity index (χ0n) is 21.6. The van der Waals surface area contributed by atoms with Crippen LogP contribution in [0.25, 0.3) is 0 Å². The summed E-state index contributed by atoms with van der Waals surface area (Å²) in [6.07, 6.45) is 16.8. The van der Waals surface area contributed by atoms with Gasteiger partial charge in [-0.1, -0.05) is 60.0 Å². The first kappa shape index (κ1) is 23.8. The molecule has 178 valence electrons. The third kappa shape index (κ3) is 4.07. The van der Waals surface area contributed by atoms with E-state index in [1.165, 1.54) is 64.2 Å². The van der Waals surface area contributed by atoms with Gasteiger partial charge in [0.1, 0.15) is 0 Å². The van der Waals surface area contributed by atoms with E-state index in [4.69, 9.17) is 9.47 Å². The highest BCUT2D eigenvalue weighted by Crippen LogP contribution is 2.68. The van der Waals surface area contributed by atoms with Crippen LogP contribution in [0.4, 0.5) is 0 Å². The molecule has 0 saturated heterocycles. The smallest absolute Gasteiger partial charge is 0.0790 e. The van der Waals surface area contributed by atoms with Gasteiger partial charge in [-0.15, -0.1) is 0 Å². The van der Waals surface area contributed by atoms with E-state index < -0.39 is 0 Å². The van der Waals surface area contributed by atoms with Gasteiger partial charge in [-0.05, 0) is 96.9 Å². The van der Waals surface area contributed by atoms with Gasteiger partial charge in [0.05, 0.1) is 12.2 Å². The van der Waals surface area contributed by atoms with Gasteiger partial charge in [0.25, 0.3) is 0 Å². The topological polar surface area (TPSA) is 18.5 Å². The fourth-order valence-electron chi connectivity index (χ4n) is 9.15. The Balaban J connectivity index is 1.54. The normalized spacial score (nSPS) is 45.6. The molecule has 4 rings (SSSR count). The average molecular weight is 431 g/mol. The van der Waals surface area contributed by atoms with Crippen LogP contribution in [0.15, 0.2) is 11.6 Å². The molecule has 0 aromatic rings. The lowest BCUT2D eigenvalue weighted by Crippen LogP contribution is -2.54. The van der Waals surface area contributed by atoms with Gasteiger partial charge in [-0.3, -0.25) is 0 Å². The molecule has 0 heterocycles. The minimum absolute atomic E-state index is 0.286. The van der Waals surface area contributed by atoms with Crippen molar-refractivity contribution < 1.29 is 9.47 Å². The maximum Gasteiger partial charge on any atom is 0.0790 e. The van der Waals surface area contributed by atoms with Crippen molar-refractivity contribution >= 4 is 0 Å². The van der Waals surface area contributed by atoms with Crippen LogP contribution in [0, 0.1) is 46.3 Å². The molecule has 31 heavy (non-hydrogen) atoms. The summed E-state index contributed by atoms with van der Waals surface area (Å²) < 4.78 is 11.9. The average Bonchev–Trinajstić information content (AvgIpc) is 3.09. The molecule has 9 unspecified atom stereocenters. The molecule has 0 bridgehead atoms. The number of ether oxygens (including phenoxy) is 2. The summed E-state index contributed by atoms with van der Waals surface area (Å²) in [5, 5.41) is 0. The molecule has 0 N–H and O–H groups in total. The van der Waals surface area contributed by atoms with Gasteiger partial charge < -0.3 is 9.47 Å². The maximum atomic E-state index is 6.18. The molecule has 2 nitrogen and oxygen atoms in total. The molecule has 2 heteroatoms. The Bertz CT molecular complexity index is 653. The zero-order valence-corrected chi connectivity index (χ0v) is 21.6. The van der Waals surface area contributed by atoms with Crippen molar-refractivity contribution in [2.45, 2.75) is 111 Å². The van der Waals surface area contributed by atoms with Crippen LogP contribution in [0.2, 0.25) is 0 Å². The van der Waals surface area contributed by atoms with Crippen molar-refractivity contribution in [3.05, 3.63) is 11.6 Å². The Morgan fingerprint density at radius 2 is 1.71 bits per heavy atom. The summed E-state index contributed by atoms with van der Waals surface area (Å²) in [7, 11) is 3.81. The van der Waals surface area contributed by atoms with E-state index in [0.29, 0.717) is 16.9 Å². The highest BCUT2D eigenvalue weighted by molar-refractivity contribution is 5.29. The third-order valence-corrected chi connectivity index (χ3v) is 10.9. The fourth-order valence-corrected chi connectivity index (χ4v) is 9.15. The molecule has 0 spiro atoms. The highest BCUT2D eigenvalue weighted by Gasteiger charge is 2.61. The molecule has 9 atom stereocenters. The van der Waals surface area contributed by atoms with E-state index in [0.717, 1.165) is 35.5 Å². The lowest BCUT2D eigenvalue weighted by molar-refractivity contribution is -0.0947. The summed E-state index contributed by atoms with van der Waals surface area (Å²) in [6.45, 7) is 12.6. The molecular formula is C29H50O2. The molecule has 0 aromatic carbocycles. The van der Waals surface area contributed by atoms with Crippen LogP contribution in [0.3, 0.4) is 0 Å². The van der Waals surface area contributed by atoms with Crippen LogP contribution in [0.5, 0.6) is 0 Å². The molecule has 0 aromatic heterocycles. The van der Waals surface area contributed by atoms with Crippen LogP contribution < -0.4 is 0 Å². The van der Waals surface area contributed by atoms with Gasteiger partial charge in [-0.2, -0.15) is 0 Å². The molecular weight excluding hydrogens is 380 g/mol. The molecule has 0 amide bonds. The van der Waals surface area contributed by atoms with Gasteiger partial charge in [-0.25, -0.2) is 0 Å². The maximum absolute atomic E-state index is 6.18. The highest BCUT2D eigenvalue weighted by atomic mass is 16.5. The predicted octanol–water partition coefficient (Wildman–Crippen LogP) is 7.67. The van der Waals surface area contributed by atoms with E-state index in [1.54, 1.807) is 5.57 Å². The Morgan fingerprint density at radius 1 is 0.935 bits per heavy atom. The zero-order chi connectivity index (χ0) is 22.4. The quantitative estimate of drug-likeness (QED) is 0.386. The number of fused-ring (bicyclic) bond motifs is 5. The van der Waals surface area contributed by atoms with Crippen LogP contribution in [0.1, 0.15) is 98.8 Å². The summed E-state index contributed by atoms with van der Waals surface area (Å²) in [4.78, 5) is 0. The van der Waals surface area contributed by atoms with Crippen molar-refractivity contribution in [3.63, 3.8) is 0 Å². The minimum atomic E-state index is 0.286. The van der Waals surface area contributed by atoms with E-state index in [1.807, 2.05) is 14.2 Å². The molecule has 0 radical (unpaired) electrons. The Morgan fingerprint density at radius 3 is 2.39 bits per heavy atom. The van der Waals surface area contributed by atoms with Gasteiger partial charge in [0, 0.05) is 14.2 Å². The van der Waals surface area contributed by atoms with Crippen LogP contribution >= 0.6 is 0 Å². The van der Waals surface area contributed by atoms with Crippen molar-refractivity contribution in [1.82, 2.24) is 0 Å². The second kappa shape index (κ2) is 9.13. The molecule has 4 aliphatic carbocycles. The summed E-state index contributed by atoms with van der Waals surface area (Å²) >= 11 is 0. The van der Waals surface area contributed by atoms with Crippen molar-refractivity contribution in [3.8, 4) is 0 Å².